The second-order valence-electron chi connectivity index (χ2n) is 7.21. The predicted molar refractivity (Wildman–Crippen MR) is 106 cm³/mol. The van der Waals surface area contributed by atoms with Gasteiger partial charge in [0.15, 0.2) is 0 Å². The van der Waals surface area contributed by atoms with Crippen molar-refractivity contribution in [3.05, 3.63) is 36.4 Å². The number of hydrogen-bond acceptors (Lipinski definition) is 3. The van der Waals surface area contributed by atoms with Gasteiger partial charge in [0.1, 0.15) is 23.1 Å². The van der Waals surface area contributed by atoms with Crippen LogP contribution in [0.2, 0.25) is 0 Å². The number of methoxy groups -OCH3 is 2. The molecule has 25 heavy (non-hydrogen) atoms. The zero-order chi connectivity index (χ0) is 18.2. The van der Waals surface area contributed by atoms with Crippen LogP contribution in [0.15, 0.2) is 36.4 Å². The topological polar surface area (TPSA) is 27.7 Å². The zero-order valence-electron chi connectivity index (χ0n) is 15.9. The third-order valence-corrected chi connectivity index (χ3v) is 8.00. The Hall–Kier alpha value is -1.73. The molecule has 1 aliphatic rings. The van der Waals surface area contributed by atoms with Gasteiger partial charge < -0.3 is 14.2 Å². The molecule has 1 heterocycles. The molecule has 0 saturated carbocycles. The smallest absolute Gasteiger partial charge is 0.130 e. The van der Waals surface area contributed by atoms with Gasteiger partial charge in [-0.3, -0.25) is 0 Å². The Morgan fingerprint density at radius 1 is 1.00 bits per heavy atom. The van der Waals surface area contributed by atoms with Gasteiger partial charge in [-0.25, -0.2) is 0 Å². The fourth-order valence-electron chi connectivity index (χ4n) is 3.56. The van der Waals surface area contributed by atoms with Crippen LogP contribution in [0.3, 0.4) is 0 Å². The summed E-state index contributed by atoms with van der Waals surface area (Å²) >= 11 is 0. The molecule has 0 bridgehead atoms. The molecule has 2 aromatic rings. The lowest BCUT2D eigenvalue weighted by Gasteiger charge is -2.32. The van der Waals surface area contributed by atoms with Crippen molar-refractivity contribution < 1.29 is 14.2 Å². The zero-order valence-corrected chi connectivity index (χ0v) is 16.8. The van der Waals surface area contributed by atoms with Crippen LogP contribution in [-0.4, -0.2) is 25.2 Å². The molecule has 1 unspecified atom stereocenters. The van der Waals surface area contributed by atoms with Crippen molar-refractivity contribution in [1.29, 1.82) is 0 Å². The molecule has 0 fully saturated rings. The highest BCUT2D eigenvalue weighted by Crippen LogP contribution is 2.61. The molecular weight excluding hydrogens is 331 g/mol. The monoisotopic (exact) mass is 358 g/mol. The second-order valence-corrected chi connectivity index (χ2v) is 10.3. The van der Waals surface area contributed by atoms with Crippen LogP contribution in [-0.2, 0) is 0 Å². The highest BCUT2D eigenvalue weighted by molar-refractivity contribution is 7.68. The first-order chi connectivity index (χ1) is 11.9. The summed E-state index contributed by atoms with van der Waals surface area (Å²) in [6.45, 7) is 9.16. The Bertz CT molecular complexity index is 742. The van der Waals surface area contributed by atoms with Crippen LogP contribution in [0.4, 0.5) is 0 Å². The lowest BCUT2D eigenvalue weighted by Crippen LogP contribution is -2.24. The van der Waals surface area contributed by atoms with E-state index in [0.29, 0.717) is 0 Å². The fraction of sp³-hybridized carbons (Fsp3) is 0.429. The lowest BCUT2D eigenvalue weighted by atomic mass is 10.0. The summed E-state index contributed by atoms with van der Waals surface area (Å²) in [5, 5.41) is 1.49. The van der Waals surface area contributed by atoms with Gasteiger partial charge in [0, 0.05) is 10.9 Å². The maximum atomic E-state index is 6.35. The van der Waals surface area contributed by atoms with Crippen molar-refractivity contribution in [2.75, 3.05) is 14.2 Å². The van der Waals surface area contributed by atoms with E-state index < -0.39 is 7.92 Å². The summed E-state index contributed by atoms with van der Waals surface area (Å²) in [5.74, 6) is 2.93. The minimum absolute atomic E-state index is 0.159. The Balaban J connectivity index is 2.28. The first kappa shape index (κ1) is 18.1. The van der Waals surface area contributed by atoms with Crippen molar-refractivity contribution in [2.24, 2.45) is 0 Å². The summed E-state index contributed by atoms with van der Waals surface area (Å²) in [4.78, 5) is 0. The van der Waals surface area contributed by atoms with Gasteiger partial charge in [0.2, 0.25) is 0 Å². The Morgan fingerprint density at radius 3 is 2.12 bits per heavy atom. The quantitative estimate of drug-likeness (QED) is 0.685. The van der Waals surface area contributed by atoms with Gasteiger partial charge in [-0.1, -0.05) is 45.9 Å². The Kier molecular flexibility index (Phi) is 4.97. The molecule has 1 aliphatic heterocycles. The first-order valence-electron chi connectivity index (χ1n) is 8.72. The summed E-state index contributed by atoms with van der Waals surface area (Å²) in [5.41, 5.74) is 2.19. The summed E-state index contributed by atoms with van der Waals surface area (Å²) < 4.78 is 17.7. The van der Waals surface area contributed by atoms with E-state index in [9.17, 15) is 0 Å². The number of fused-ring (bicyclic) bond motifs is 1. The van der Waals surface area contributed by atoms with E-state index in [4.69, 9.17) is 14.2 Å². The fourth-order valence-corrected chi connectivity index (χ4v) is 6.78. The van der Waals surface area contributed by atoms with Gasteiger partial charge in [-0.2, -0.15) is 0 Å². The molecular formula is C21H27O3P. The van der Waals surface area contributed by atoms with Gasteiger partial charge in [0.25, 0.3) is 0 Å². The van der Waals surface area contributed by atoms with Crippen molar-refractivity contribution >= 4 is 13.2 Å². The molecule has 0 spiro atoms. The lowest BCUT2D eigenvalue weighted by molar-refractivity contribution is 0.288. The summed E-state index contributed by atoms with van der Waals surface area (Å²) in [7, 11) is 2.94. The predicted octanol–water partition coefficient (Wildman–Crippen LogP) is 5.41. The number of hydrogen-bond donors (Lipinski definition) is 0. The van der Waals surface area contributed by atoms with E-state index in [1.54, 1.807) is 14.2 Å². The molecule has 0 radical (unpaired) electrons. The average molecular weight is 358 g/mol. The van der Waals surface area contributed by atoms with E-state index >= 15 is 0 Å². The average Bonchev–Trinajstić information content (AvgIpc) is 3.00. The minimum atomic E-state index is -0.478. The van der Waals surface area contributed by atoms with E-state index in [-0.39, 0.29) is 11.0 Å². The number of benzene rings is 2. The second kappa shape index (κ2) is 6.88. The molecule has 0 N–H and O–H groups in total. The van der Waals surface area contributed by atoms with Crippen molar-refractivity contribution in [3.8, 4) is 28.4 Å². The molecule has 0 aliphatic carbocycles. The molecule has 4 heteroatoms. The first-order valence-corrected chi connectivity index (χ1v) is 10.1. The minimum Gasteiger partial charge on any atom is -0.496 e. The molecule has 2 atom stereocenters. The molecule has 2 aromatic carbocycles. The number of rotatable bonds is 4. The van der Waals surface area contributed by atoms with Crippen LogP contribution < -0.4 is 19.5 Å². The largest absolute Gasteiger partial charge is 0.496 e. The maximum absolute atomic E-state index is 6.35. The molecule has 0 aromatic heterocycles. The van der Waals surface area contributed by atoms with E-state index in [1.807, 2.05) is 18.2 Å². The van der Waals surface area contributed by atoms with Gasteiger partial charge >= 0.3 is 0 Å². The maximum Gasteiger partial charge on any atom is 0.130 e. The molecule has 3 nitrogen and oxygen atoms in total. The van der Waals surface area contributed by atoms with Crippen LogP contribution in [0, 0.1) is 0 Å². The van der Waals surface area contributed by atoms with Crippen LogP contribution >= 0.6 is 7.92 Å². The summed E-state index contributed by atoms with van der Waals surface area (Å²) in [6, 6.07) is 12.3. The van der Waals surface area contributed by atoms with Gasteiger partial charge in [0.05, 0.1) is 19.8 Å². The third kappa shape index (κ3) is 3.11. The van der Waals surface area contributed by atoms with Crippen molar-refractivity contribution in [2.45, 2.75) is 45.1 Å². The van der Waals surface area contributed by atoms with E-state index in [1.165, 1.54) is 10.9 Å². The Morgan fingerprint density at radius 2 is 1.60 bits per heavy atom. The van der Waals surface area contributed by atoms with Crippen molar-refractivity contribution in [1.82, 2.24) is 0 Å². The van der Waals surface area contributed by atoms with E-state index in [0.717, 1.165) is 29.2 Å². The number of ether oxygens (including phenoxy) is 3. The summed E-state index contributed by atoms with van der Waals surface area (Å²) in [6.07, 6.45) is 1.01. The van der Waals surface area contributed by atoms with E-state index in [2.05, 4.69) is 45.9 Å². The third-order valence-electron chi connectivity index (χ3n) is 4.56. The van der Waals surface area contributed by atoms with Crippen molar-refractivity contribution in [3.63, 3.8) is 0 Å². The van der Waals surface area contributed by atoms with Crippen LogP contribution in [0.5, 0.6) is 17.2 Å². The molecule has 0 saturated heterocycles. The molecule has 0 amide bonds. The van der Waals surface area contributed by atoms with Gasteiger partial charge in [-0.05, 0) is 37.7 Å². The normalized spacial score (nSPS) is 19.3. The van der Waals surface area contributed by atoms with Crippen LogP contribution in [0.25, 0.3) is 11.1 Å². The SMILES string of the molecule is CCC1Oc2cccc(-c3c(OC)cccc3OC)c2[P@@]1C(C)(C)C. The highest BCUT2D eigenvalue weighted by atomic mass is 31.1. The molecule has 134 valence electrons. The highest BCUT2D eigenvalue weighted by Gasteiger charge is 2.42. The molecule has 3 rings (SSSR count). The van der Waals surface area contributed by atoms with Crippen LogP contribution in [0.1, 0.15) is 34.1 Å². The Labute approximate surface area is 152 Å². The van der Waals surface area contributed by atoms with Gasteiger partial charge in [-0.15, -0.1) is 0 Å². The standard InChI is InChI=1S/C21H27O3P/c1-7-18-24-17-13-8-10-14(20(17)25(18)21(2,3)4)19-15(22-5)11-9-12-16(19)23-6/h8-13,18H,7H2,1-6H3/t18?,25-/m0/s1.